The highest BCUT2D eigenvalue weighted by molar-refractivity contribution is 9.10. The fraction of sp³-hybridized carbons (Fsp3) is 0.250. The number of thiocarbonyl (C=S) groups is 1. The molecular formula is C24H21BrF3N7OS. The molecule has 1 aliphatic heterocycles. The quantitative estimate of drug-likeness (QED) is 0.231. The van der Waals surface area contributed by atoms with Gasteiger partial charge in [-0.25, -0.2) is 0 Å². The Labute approximate surface area is 223 Å². The summed E-state index contributed by atoms with van der Waals surface area (Å²) in [6, 6.07) is 11.1. The van der Waals surface area contributed by atoms with Gasteiger partial charge in [-0.3, -0.25) is 14.5 Å². The molecule has 8 nitrogen and oxygen atoms in total. The van der Waals surface area contributed by atoms with Crippen molar-refractivity contribution in [1.29, 1.82) is 0 Å². The van der Waals surface area contributed by atoms with Gasteiger partial charge >= 0.3 is 6.18 Å². The molecule has 13 heteroatoms. The highest BCUT2D eigenvalue weighted by Gasteiger charge is 2.31. The van der Waals surface area contributed by atoms with Crippen molar-refractivity contribution in [1.82, 2.24) is 14.5 Å². The Bertz CT molecular complexity index is 1530. The monoisotopic (exact) mass is 591 g/mol. The van der Waals surface area contributed by atoms with Gasteiger partial charge in [0.15, 0.2) is 5.69 Å². The minimum Gasteiger partial charge on any atom is -0.493 e. The zero-order valence-electron chi connectivity index (χ0n) is 19.3. The molecule has 4 aromatic rings. The SMILES string of the molecule is NC(=S)N=Nc1c(O)n(CN2CCN(c3ccnc4cc(C(F)(F)F)ccc34)CC2)c2cccc(Br)c12. The number of azo groups is 1. The molecule has 0 spiro atoms. The van der Waals surface area contributed by atoms with Crippen molar-refractivity contribution < 1.29 is 18.3 Å². The van der Waals surface area contributed by atoms with Crippen LogP contribution in [0.1, 0.15) is 5.56 Å². The number of benzene rings is 2. The van der Waals surface area contributed by atoms with E-state index in [2.05, 4.69) is 40.9 Å². The summed E-state index contributed by atoms with van der Waals surface area (Å²) in [5, 5.41) is 20.0. The van der Waals surface area contributed by atoms with E-state index in [0.29, 0.717) is 49.1 Å². The van der Waals surface area contributed by atoms with Gasteiger partial charge in [0.2, 0.25) is 11.0 Å². The third-order valence-corrected chi connectivity index (χ3v) is 7.08. The average molecular weight is 592 g/mol. The number of nitrogens with two attached hydrogens (primary N) is 1. The van der Waals surface area contributed by atoms with Crippen LogP contribution in [0, 0.1) is 0 Å². The fourth-order valence-corrected chi connectivity index (χ4v) is 5.16. The first-order valence-electron chi connectivity index (χ1n) is 11.3. The van der Waals surface area contributed by atoms with Gasteiger partial charge in [-0.1, -0.05) is 28.1 Å². The second-order valence-electron chi connectivity index (χ2n) is 8.58. The van der Waals surface area contributed by atoms with Crippen molar-refractivity contribution in [2.24, 2.45) is 16.0 Å². The van der Waals surface area contributed by atoms with E-state index in [0.717, 1.165) is 27.8 Å². The highest BCUT2D eigenvalue weighted by atomic mass is 79.9. The summed E-state index contributed by atoms with van der Waals surface area (Å²) in [6.07, 6.45) is -2.88. The number of hydrogen-bond acceptors (Lipinski definition) is 6. The topological polar surface area (TPSA) is 95.3 Å². The molecule has 2 aromatic carbocycles. The summed E-state index contributed by atoms with van der Waals surface area (Å²) in [4.78, 5) is 8.47. The average Bonchev–Trinajstić information content (AvgIpc) is 3.13. The molecule has 3 heterocycles. The van der Waals surface area contributed by atoms with Crippen LogP contribution >= 0.6 is 28.1 Å². The maximum Gasteiger partial charge on any atom is 0.416 e. The number of nitrogens with zero attached hydrogens (tertiary/aromatic N) is 6. The molecule has 0 radical (unpaired) electrons. The van der Waals surface area contributed by atoms with Gasteiger partial charge in [-0.15, -0.1) is 10.2 Å². The van der Waals surface area contributed by atoms with Crippen molar-refractivity contribution >= 4 is 66.4 Å². The van der Waals surface area contributed by atoms with Gasteiger partial charge in [0.25, 0.3) is 0 Å². The van der Waals surface area contributed by atoms with Gasteiger partial charge in [0, 0.05) is 53.3 Å². The lowest BCUT2D eigenvalue weighted by molar-refractivity contribution is -0.137. The summed E-state index contributed by atoms with van der Waals surface area (Å²) in [5.41, 5.74) is 6.94. The Balaban J connectivity index is 1.37. The van der Waals surface area contributed by atoms with Gasteiger partial charge in [0.05, 0.1) is 23.3 Å². The number of hydrogen-bond donors (Lipinski definition) is 2. The van der Waals surface area contributed by atoms with Gasteiger partial charge < -0.3 is 15.7 Å². The molecule has 192 valence electrons. The molecule has 0 aliphatic carbocycles. The Kier molecular flexibility index (Phi) is 6.77. The minimum atomic E-state index is -4.42. The molecule has 0 bridgehead atoms. The largest absolute Gasteiger partial charge is 0.493 e. The van der Waals surface area contributed by atoms with Gasteiger partial charge in [-0.2, -0.15) is 13.2 Å². The smallest absolute Gasteiger partial charge is 0.416 e. The normalized spacial score (nSPS) is 15.3. The van der Waals surface area contributed by atoms with Crippen LogP contribution < -0.4 is 10.6 Å². The van der Waals surface area contributed by atoms with Crippen LogP contribution in [0.25, 0.3) is 21.8 Å². The summed E-state index contributed by atoms with van der Waals surface area (Å²) < 4.78 is 41.9. The van der Waals surface area contributed by atoms with Crippen LogP contribution in [-0.4, -0.2) is 50.8 Å². The molecule has 2 aromatic heterocycles. The van der Waals surface area contributed by atoms with Crippen LogP contribution in [-0.2, 0) is 12.8 Å². The maximum absolute atomic E-state index is 13.1. The van der Waals surface area contributed by atoms with Crippen molar-refractivity contribution in [2.45, 2.75) is 12.8 Å². The molecular weight excluding hydrogens is 571 g/mol. The molecule has 0 amide bonds. The van der Waals surface area contributed by atoms with Crippen LogP contribution in [0.4, 0.5) is 24.5 Å². The first-order chi connectivity index (χ1) is 17.6. The van der Waals surface area contributed by atoms with Crippen molar-refractivity contribution in [3.05, 3.63) is 58.7 Å². The van der Waals surface area contributed by atoms with Crippen molar-refractivity contribution in [2.75, 3.05) is 31.1 Å². The lowest BCUT2D eigenvalue weighted by atomic mass is 10.1. The molecule has 3 N–H and O–H groups in total. The van der Waals surface area contributed by atoms with E-state index in [-0.39, 0.29) is 16.7 Å². The lowest BCUT2D eigenvalue weighted by Crippen LogP contribution is -2.46. The van der Waals surface area contributed by atoms with Crippen molar-refractivity contribution in [3.8, 4) is 5.88 Å². The van der Waals surface area contributed by atoms with Gasteiger partial charge in [-0.05, 0) is 42.5 Å². The van der Waals surface area contributed by atoms with Crippen LogP contribution in [0.15, 0.2) is 63.4 Å². The third kappa shape index (κ3) is 4.98. The molecule has 0 atom stereocenters. The standard InChI is InChI=1S/C24H21BrF3N7OS/c25-16-2-1-3-19-20(16)21(31-32-23(29)37)22(36)35(19)13-33-8-10-34(11-9-33)18-6-7-30-17-12-14(24(26,27)28)4-5-15(17)18/h1-7,12,36H,8-11,13H2,(H2,29,37). The van der Waals surface area contributed by atoms with Crippen LogP contribution in [0.5, 0.6) is 5.88 Å². The third-order valence-electron chi connectivity index (χ3n) is 6.34. The Hall–Kier alpha value is -3.29. The summed E-state index contributed by atoms with van der Waals surface area (Å²) in [7, 11) is 0. The Morgan fingerprint density at radius 2 is 1.89 bits per heavy atom. The molecule has 37 heavy (non-hydrogen) atoms. The second kappa shape index (κ2) is 9.88. The number of rotatable bonds is 4. The van der Waals surface area contributed by atoms with Crippen LogP contribution in [0.3, 0.4) is 0 Å². The fourth-order valence-electron chi connectivity index (χ4n) is 4.58. The Morgan fingerprint density at radius 1 is 1.14 bits per heavy atom. The van der Waals surface area contributed by atoms with E-state index >= 15 is 0 Å². The number of anilines is 1. The number of pyridine rings is 1. The van der Waals surface area contributed by atoms with E-state index < -0.39 is 11.7 Å². The zero-order chi connectivity index (χ0) is 26.3. The molecule has 1 aliphatic rings. The number of aromatic nitrogens is 2. The number of piperazine rings is 1. The van der Waals surface area contributed by atoms with Crippen molar-refractivity contribution in [3.63, 3.8) is 0 Å². The van der Waals surface area contributed by atoms with Gasteiger partial charge in [0.1, 0.15) is 0 Å². The number of alkyl halides is 3. The number of fused-ring (bicyclic) bond motifs is 2. The first-order valence-corrected chi connectivity index (χ1v) is 12.5. The predicted octanol–water partition coefficient (Wildman–Crippen LogP) is 5.78. The zero-order valence-corrected chi connectivity index (χ0v) is 21.7. The van der Waals surface area contributed by atoms with E-state index in [1.54, 1.807) is 4.57 Å². The molecule has 1 fully saturated rings. The lowest BCUT2D eigenvalue weighted by Gasteiger charge is -2.36. The maximum atomic E-state index is 13.1. The predicted molar refractivity (Wildman–Crippen MR) is 143 cm³/mol. The highest BCUT2D eigenvalue weighted by Crippen LogP contribution is 2.43. The first kappa shape index (κ1) is 25.4. The minimum absolute atomic E-state index is 0.0510. The van der Waals surface area contributed by atoms with E-state index in [1.807, 2.05) is 24.3 Å². The number of aromatic hydroxyl groups is 1. The van der Waals surface area contributed by atoms with E-state index in [9.17, 15) is 18.3 Å². The summed E-state index contributed by atoms with van der Waals surface area (Å²) in [5.74, 6) is -0.0510. The summed E-state index contributed by atoms with van der Waals surface area (Å²) >= 11 is 8.30. The molecule has 0 saturated carbocycles. The number of halogens is 4. The molecule has 0 unspecified atom stereocenters. The van der Waals surface area contributed by atoms with Crippen LogP contribution in [0.2, 0.25) is 0 Å². The Morgan fingerprint density at radius 3 is 2.59 bits per heavy atom. The summed E-state index contributed by atoms with van der Waals surface area (Å²) in [6.45, 7) is 3.04. The van der Waals surface area contributed by atoms with E-state index in [4.69, 9.17) is 18.0 Å². The van der Waals surface area contributed by atoms with E-state index in [1.165, 1.54) is 12.3 Å². The molecule has 1 saturated heterocycles. The molecule has 5 rings (SSSR count). The second-order valence-corrected chi connectivity index (χ2v) is 9.85.